The van der Waals surface area contributed by atoms with E-state index in [1.54, 1.807) is 44.4 Å². The number of alkyl carbamates (subject to hydrolysis) is 1. The Morgan fingerprint density at radius 2 is 1.63 bits per heavy atom. The molecule has 1 aromatic rings. The van der Waals surface area contributed by atoms with Crippen LogP contribution in [0.2, 0.25) is 0 Å². The molecule has 0 bridgehead atoms. The predicted molar refractivity (Wildman–Crippen MR) is 165 cm³/mol. The molecule has 2 unspecified atom stereocenters. The second kappa shape index (κ2) is 20.2. The van der Waals surface area contributed by atoms with Crippen LogP contribution in [0.5, 0.6) is 0 Å². The molecule has 3 amide bonds. The van der Waals surface area contributed by atoms with E-state index >= 15 is 0 Å². The van der Waals surface area contributed by atoms with Gasteiger partial charge in [-0.05, 0) is 58.1 Å². The van der Waals surface area contributed by atoms with Gasteiger partial charge in [0, 0.05) is 13.1 Å². The van der Waals surface area contributed by atoms with Crippen molar-refractivity contribution in [3.63, 3.8) is 0 Å². The van der Waals surface area contributed by atoms with Gasteiger partial charge in [0.2, 0.25) is 11.8 Å². The average molecular weight is 594 g/mol. The quantitative estimate of drug-likeness (QED) is 0.158. The first-order chi connectivity index (χ1) is 19.5. The van der Waals surface area contributed by atoms with Crippen molar-refractivity contribution in [1.82, 2.24) is 15.5 Å². The largest absolute Gasteiger partial charge is 0.466 e. The summed E-state index contributed by atoms with van der Waals surface area (Å²) in [6, 6.07) is 7.34. The Hall–Kier alpha value is -2.75. The molecule has 9 nitrogen and oxygen atoms in total. The van der Waals surface area contributed by atoms with Crippen LogP contribution < -0.4 is 10.6 Å². The molecule has 0 aliphatic heterocycles. The Morgan fingerprint density at radius 3 is 2.24 bits per heavy atom. The summed E-state index contributed by atoms with van der Waals surface area (Å²) in [5.74, 6) is -0.491. The summed E-state index contributed by atoms with van der Waals surface area (Å²) in [4.78, 5) is 54.0. The van der Waals surface area contributed by atoms with Crippen molar-refractivity contribution in [3.8, 4) is 0 Å². The van der Waals surface area contributed by atoms with Gasteiger partial charge in [0.15, 0.2) is 0 Å². The van der Waals surface area contributed by atoms with Crippen molar-refractivity contribution in [1.29, 1.82) is 0 Å². The first-order valence-corrected chi connectivity index (χ1v) is 16.2. The number of nitrogens with one attached hydrogen (secondary N) is 2. The van der Waals surface area contributed by atoms with Gasteiger partial charge in [0.25, 0.3) is 0 Å². The Balaban J connectivity index is 3.32. The number of nitrogens with zero attached hydrogens (tertiary/aromatic N) is 1. The van der Waals surface area contributed by atoms with Gasteiger partial charge in [-0.25, -0.2) is 4.79 Å². The third kappa shape index (κ3) is 15.2. The molecule has 0 fully saturated rings. The molecule has 0 aromatic heterocycles. The van der Waals surface area contributed by atoms with E-state index in [1.807, 2.05) is 36.6 Å². The molecule has 0 spiro atoms. The SMILES string of the molecule is CCCCCCCCN(C(=O)C(CCSC)NC(=O)OC(C)(C)C)C(C(=O)NCCC(=O)OCC)c1ccccc1. The third-order valence-electron chi connectivity index (χ3n) is 6.24. The van der Waals surface area contributed by atoms with Crippen LogP contribution in [0.3, 0.4) is 0 Å². The maximum atomic E-state index is 14.2. The molecule has 0 radical (unpaired) electrons. The fourth-order valence-electron chi connectivity index (χ4n) is 4.30. The van der Waals surface area contributed by atoms with E-state index in [-0.39, 0.29) is 31.4 Å². The van der Waals surface area contributed by atoms with Gasteiger partial charge in [-0.3, -0.25) is 14.4 Å². The molecule has 0 saturated carbocycles. The number of amides is 3. The topological polar surface area (TPSA) is 114 Å². The first kappa shape index (κ1) is 36.3. The number of carbonyl (C=O) groups is 4. The monoisotopic (exact) mass is 593 g/mol. The van der Waals surface area contributed by atoms with Crippen molar-refractivity contribution < 1.29 is 28.7 Å². The number of rotatable bonds is 19. The zero-order valence-corrected chi connectivity index (χ0v) is 26.6. The standard InChI is InChI=1S/C31H51N3O6S/c1-7-9-10-11-12-16-22-34(29(37)25(20-23-41-6)33-30(38)40-31(3,4)5)27(24-17-14-13-15-18-24)28(36)32-21-19-26(35)39-8-2/h13-15,17-18,25,27H,7-12,16,19-23H2,1-6H3,(H,32,36)(H,33,38). The van der Waals surface area contributed by atoms with Crippen LogP contribution in [-0.4, -0.2) is 72.1 Å². The molecule has 232 valence electrons. The molecule has 0 aliphatic rings. The van der Waals surface area contributed by atoms with Crippen molar-refractivity contribution in [3.05, 3.63) is 35.9 Å². The van der Waals surface area contributed by atoms with Crippen LogP contribution in [0.25, 0.3) is 0 Å². The molecule has 1 rings (SSSR count). The molecule has 1 aromatic carbocycles. The van der Waals surface area contributed by atoms with Crippen LogP contribution in [0.15, 0.2) is 30.3 Å². The van der Waals surface area contributed by atoms with Gasteiger partial charge in [-0.2, -0.15) is 11.8 Å². The minimum absolute atomic E-state index is 0.0308. The molecule has 0 aliphatic carbocycles. The number of carbonyl (C=O) groups excluding carboxylic acids is 4. The highest BCUT2D eigenvalue weighted by atomic mass is 32.2. The van der Waals surface area contributed by atoms with Crippen molar-refractivity contribution in [2.24, 2.45) is 0 Å². The van der Waals surface area contributed by atoms with Crippen molar-refractivity contribution >= 4 is 35.6 Å². The van der Waals surface area contributed by atoms with Gasteiger partial charge in [-0.1, -0.05) is 69.4 Å². The molecular weight excluding hydrogens is 542 g/mol. The maximum Gasteiger partial charge on any atom is 0.408 e. The second-order valence-electron chi connectivity index (χ2n) is 10.9. The number of benzene rings is 1. The van der Waals surface area contributed by atoms with Crippen molar-refractivity contribution in [2.45, 2.75) is 104 Å². The second-order valence-corrected chi connectivity index (χ2v) is 11.9. The highest BCUT2D eigenvalue weighted by molar-refractivity contribution is 7.98. The number of hydrogen-bond donors (Lipinski definition) is 2. The van der Waals surface area contributed by atoms with Crippen LogP contribution in [0.4, 0.5) is 4.79 Å². The van der Waals surface area contributed by atoms with Crippen LogP contribution in [-0.2, 0) is 23.9 Å². The number of esters is 1. The lowest BCUT2D eigenvalue weighted by Crippen LogP contribution is -2.53. The van der Waals surface area contributed by atoms with E-state index in [1.165, 1.54) is 0 Å². The molecule has 10 heteroatoms. The molecular formula is C31H51N3O6S. The van der Waals surface area contributed by atoms with Gasteiger partial charge in [0.1, 0.15) is 17.7 Å². The maximum absolute atomic E-state index is 14.2. The minimum Gasteiger partial charge on any atom is -0.466 e. The van der Waals surface area contributed by atoms with E-state index in [2.05, 4.69) is 17.6 Å². The highest BCUT2D eigenvalue weighted by Crippen LogP contribution is 2.24. The summed E-state index contributed by atoms with van der Waals surface area (Å²) in [6.07, 6.45) is 7.79. The third-order valence-corrected chi connectivity index (χ3v) is 6.89. The van der Waals surface area contributed by atoms with Gasteiger partial charge >= 0.3 is 12.1 Å². The fourth-order valence-corrected chi connectivity index (χ4v) is 4.77. The lowest BCUT2D eigenvalue weighted by atomic mass is 10.0. The van der Waals surface area contributed by atoms with Crippen molar-refractivity contribution in [2.75, 3.05) is 31.7 Å². The van der Waals surface area contributed by atoms with E-state index in [9.17, 15) is 19.2 Å². The molecule has 0 heterocycles. The number of ether oxygens (including phenoxy) is 2. The molecule has 2 atom stereocenters. The van der Waals surface area contributed by atoms with Crippen LogP contribution in [0.1, 0.15) is 97.6 Å². The summed E-state index contributed by atoms with van der Waals surface area (Å²) < 4.78 is 10.4. The zero-order chi connectivity index (χ0) is 30.7. The highest BCUT2D eigenvalue weighted by Gasteiger charge is 2.35. The van der Waals surface area contributed by atoms with E-state index < -0.39 is 29.7 Å². The van der Waals surface area contributed by atoms with Crippen LogP contribution in [0, 0.1) is 0 Å². The summed E-state index contributed by atoms with van der Waals surface area (Å²) in [6.45, 7) is 9.90. The van der Waals surface area contributed by atoms with Gasteiger partial charge < -0.3 is 25.0 Å². The lowest BCUT2D eigenvalue weighted by molar-refractivity contribution is -0.144. The molecule has 0 saturated heterocycles. The first-order valence-electron chi connectivity index (χ1n) is 14.8. The normalized spacial score (nSPS) is 12.6. The summed E-state index contributed by atoms with van der Waals surface area (Å²) in [5, 5.41) is 5.59. The molecule has 41 heavy (non-hydrogen) atoms. The fraction of sp³-hybridized carbons (Fsp3) is 0.677. The Bertz CT molecular complexity index is 922. The Morgan fingerprint density at radius 1 is 0.976 bits per heavy atom. The van der Waals surface area contributed by atoms with E-state index in [0.717, 1.165) is 38.5 Å². The van der Waals surface area contributed by atoms with E-state index in [0.29, 0.717) is 24.3 Å². The minimum atomic E-state index is -0.932. The number of unbranched alkanes of at least 4 members (excludes halogenated alkanes) is 5. The molecule has 2 N–H and O–H groups in total. The van der Waals surface area contributed by atoms with Gasteiger partial charge in [0.05, 0.1) is 13.0 Å². The smallest absolute Gasteiger partial charge is 0.408 e. The number of hydrogen-bond acceptors (Lipinski definition) is 7. The predicted octanol–water partition coefficient (Wildman–Crippen LogP) is 5.63. The van der Waals surface area contributed by atoms with E-state index in [4.69, 9.17) is 9.47 Å². The Kier molecular flexibility index (Phi) is 17.9. The summed E-state index contributed by atoms with van der Waals surface area (Å²) in [5.41, 5.74) is -0.0675. The average Bonchev–Trinajstić information content (AvgIpc) is 2.91. The number of thioether (sulfide) groups is 1. The Labute approximate surface area is 250 Å². The summed E-state index contributed by atoms with van der Waals surface area (Å²) >= 11 is 1.57. The van der Waals surface area contributed by atoms with Crippen LogP contribution >= 0.6 is 11.8 Å². The van der Waals surface area contributed by atoms with Gasteiger partial charge in [-0.15, -0.1) is 0 Å². The lowest BCUT2D eigenvalue weighted by Gasteiger charge is -2.34. The summed E-state index contributed by atoms with van der Waals surface area (Å²) in [7, 11) is 0. The zero-order valence-electron chi connectivity index (χ0n) is 25.8.